The number of carbonyl (C=O) groups is 2. The van der Waals surface area contributed by atoms with Gasteiger partial charge < -0.3 is 14.4 Å². The van der Waals surface area contributed by atoms with Gasteiger partial charge in [0.1, 0.15) is 0 Å². The molecule has 2 rings (SSSR count). The summed E-state index contributed by atoms with van der Waals surface area (Å²) in [5.41, 5.74) is 0.175. The molecule has 0 spiro atoms. The zero-order valence-corrected chi connectivity index (χ0v) is 18.1. The van der Waals surface area contributed by atoms with Crippen molar-refractivity contribution < 1.29 is 53.8 Å². The van der Waals surface area contributed by atoms with Crippen molar-refractivity contribution in [3.05, 3.63) is 29.8 Å². The summed E-state index contributed by atoms with van der Waals surface area (Å²) < 4.78 is 108. The summed E-state index contributed by atoms with van der Waals surface area (Å²) in [5, 5.41) is 0. The van der Waals surface area contributed by atoms with Crippen LogP contribution < -0.4 is 0 Å². The van der Waals surface area contributed by atoms with Gasteiger partial charge in [0, 0.05) is 13.1 Å². The fourth-order valence-corrected chi connectivity index (χ4v) is 4.68. The standard InChI is InChI=1S/C19H21F6NO6S/c1-31-15(27)13-2-4-14(5-3-13)33(29,30)11-8-12-6-9-26(10-7-12)17(28)32-16(18(20,21)22)19(23,24)25/h2-5,12,16H,6-11H2,1H3. The summed E-state index contributed by atoms with van der Waals surface area (Å²) in [7, 11) is -2.51. The number of alkyl halides is 6. The number of hydrogen-bond donors (Lipinski definition) is 0. The lowest BCUT2D eigenvalue weighted by molar-refractivity contribution is -0.308. The number of methoxy groups -OCH3 is 1. The Morgan fingerprint density at radius 1 is 1.03 bits per heavy atom. The Balaban J connectivity index is 1.88. The number of benzene rings is 1. The molecule has 1 saturated heterocycles. The molecule has 14 heteroatoms. The molecule has 1 fully saturated rings. The first-order chi connectivity index (χ1) is 15.1. The highest BCUT2D eigenvalue weighted by Crippen LogP contribution is 2.36. The zero-order valence-electron chi connectivity index (χ0n) is 17.3. The minimum absolute atomic E-state index is 0.0125. The number of amides is 1. The van der Waals surface area contributed by atoms with Crippen LogP contribution in [0.5, 0.6) is 0 Å². The van der Waals surface area contributed by atoms with Crippen LogP contribution in [0.4, 0.5) is 31.1 Å². The zero-order chi connectivity index (χ0) is 25.0. The molecule has 0 aliphatic carbocycles. The molecule has 1 amide bonds. The van der Waals surface area contributed by atoms with Crippen LogP contribution in [0.2, 0.25) is 0 Å². The minimum atomic E-state index is -5.80. The lowest BCUT2D eigenvalue weighted by Crippen LogP contribution is -2.49. The molecule has 7 nitrogen and oxygen atoms in total. The largest absolute Gasteiger partial charge is 0.465 e. The van der Waals surface area contributed by atoms with Crippen molar-refractivity contribution >= 4 is 21.9 Å². The van der Waals surface area contributed by atoms with Crippen LogP contribution in [-0.4, -0.2) is 69.8 Å². The lowest BCUT2D eigenvalue weighted by atomic mass is 9.95. The highest BCUT2D eigenvalue weighted by molar-refractivity contribution is 7.91. The molecule has 1 aromatic carbocycles. The maximum absolute atomic E-state index is 12.5. The van der Waals surface area contributed by atoms with Crippen molar-refractivity contribution in [2.75, 3.05) is 26.0 Å². The van der Waals surface area contributed by atoms with Gasteiger partial charge in [-0.3, -0.25) is 0 Å². The molecule has 1 aliphatic heterocycles. The summed E-state index contributed by atoms with van der Waals surface area (Å²) in [6.45, 7) is -0.334. The van der Waals surface area contributed by atoms with Crippen molar-refractivity contribution in [1.29, 1.82) is 0 Å². The number of ether oxygens (including phenoxy) is 2. The molecule has 0 saturated carbocycles. The Hall–Kier alpha value is -2.51. The van der Waals surface area contributed by atoms with E-state index in [1.807, 2.05) is 0 Å². The predicted octanol–water partition coefficient (Wildman–Crippen LogP) is 3.98. The summed E-state index contributed by atoms with van der Waals surface area (Å²) in [6.07, 6.45) is -17.0. The van der Waals surface area contributed by atoms with E-state index < -0.39 is 40.4 Å². The van der Waals surface area contributed by atoms with E-state index in [9.17, 15) is 44.3 Å². The number of carbonyl (C=O) groups excluding carboxylic acids is 2. The van der Waals surface area contributed by atoms with Gasteiger partial charge in [0.05, 0.1) is 23.3 Å². The molecule has 0 bridgehead atoms. The fraction of sp³-hybridized carbons (Fsp3) is 0.579. The van der Waals surface area contributed by atoms with E-state index in [0.717, 1.165) is 4.90 Å². The van der Waals surface area contributed by atoms with Gasteiger partial charge in [-0.1, -0.05) is 0 Å². The van der Waals surface area contributed by atoms with Gasteiger partial charge in [-0.2, -0.15) is 26.3 Å². The Labute approximate surface area is 185 Å². The monoisotopic (exact) mass is 505 g/mol. The van der Waals surface area contributed by atoms with E-state index in [4.69, 9.17) is 0 Å². The van der Waals surface area contributed by atoms with E-state index in [1.165, 1.54) is 31.4 Å². The summed E-state index contributed by atoms with van der Waals surface area (Å²) in [6, 6.07) is 5.13. The number of halogens is 6. The molecule has 1 aliphatic rings. The van der Waals surface area contributed by atoms with E-state index in [-0.39, 0.29) is 54.5 Å². The van der Waals surface area contributed by atoms with E-state index in [0.29, 0.717) is 0 Å². The topological polar surface area (TPSA) is 90.0 Å². The van der Waals surface area contributed by atoms with Crippen LogP contribution in [0, 0.1) is 5.92 Å². The SMILES string of the molecule is COC(=O)c1ccc(S(=O)(=O)CCC2CCN(C(=O)OC(C(F)(F)F)C(F)(F)F)CC2)cc1. The second-order valence-corrected chi connectivity index (χ2v) is 9.51. The molecule has 1 aromatic rings. The first-order valence-corrected chi connectivity index (χ1v) is 11.3. The Morgan fingerprint density at radius 2 is 1.55 bits per heavy atom. The quantitative estimate of drug-likeness (QED) is 0.429. The van der Waals surface area contributed by atoms with Crippen molar-refractivity contribution in [2.24, 2.45) is 5.92 Å². The van der Waals surface area contributed by atoms with Gasteiger partial charge in [-0.05, 0) is 49.4 Å². The van der Waals surface area contributed by atoms with Gasteiger partial charge in [0.15, 0.2) is 9.84 Å². The smallest absolute Gasteiger partial charge is 0.434 e. The van der Waals surface area contributed by atoms with Crippen molar-refractivity contribution in [3.8, 4) is 0 Å². The van der Waals surface area contributed by atoms with Gasteiger partial charge >= 0.3 is 24.4 Å². The third-order valence-electron chi connectivity index (χ3n) is 5.12. The maximum Gasteiger partial charge on any atom is 0.434 e. The van der Waals surface area contributed by atoms with E-state index in [1.54, 1.807) is 0 Å². The van der Waals surface area contributed by atoms with Crippen LogP contribution in [0.3, 0.4) is 0 Å². The first kappa shape index (κ1) is 26.7. The third kappa shape index (κ3) is 7.24. The molecular weight excluding hydrogens is 484 g/mol. The Kier molecular flexibility index (Phi) is 8.25. The lowest BCUT2D eigenvalue weighted by Gasteiger charge is -2.33. The average Bonchev–Trinajstić information content (AvgIpc) is 2.74. The van der Waals surface area contributed by atoms with Crippen LogP contribution in [0.1, 0.15) is 29.6 Å². The Morgan fingerprint density at radius 3 is 2.00 bits per heavy atom. The van der Waals surface area contributed by atoms with Gasteiger partial charge in [0.2, 0.25) is 0 Å². The van der Waals surface area contributed by atoms with Crippen LogP contribution in [0.25, 0.3) is 0 Å². The van der Waals surface area contributed by atoms with E-state index in [2.05, 4.69) is 9.47 Å². The molecule has 33 heavy (non-hydrogen) atoms. The van der Waals surface area contributed by atoms with Gasteiger partial charge in [-0.15, -0.1) is 0 Å². The molecule has 0 N–H and O–H groups in total. The number of rotatable bonds is 6. The average molecular weight is 505 g/mol. The Bertz CT molecular complexity index is 923. The summed E-state index contributed by atoms with van der Waals surface area (Å²) in [5.74, 6) is -1.09. The highest BCUT2D eigenvalue weighted by Gasteiger charge is 2.60. The normalized spacial score (nSPS) is 16.1. The maximum atomic E-state index is 12.5. The molecule has 186 valence electrons. The first-order valence-electron chi connectivity index (χ1n) is 9.65. The number of sulfone groups is 1. The van der Waals surface area contributed by atoms with Crippen LogP contribution in [-0.2, 0) is 19.3 Å². The van der Waals surface area contributed by atoms with Gasteiger partial charge in [0.25, 0.3) is 6.10 Å². The van der Waals surface area contributed by atoms with Crippen LogP contribution >= 0.6 is 0 Å². The van der Waals surface area contributed by atoms with Crippen molar-refractivity contribution in [2.45, 2.75) is 42.6 Å². The second-order valence-electron chi connectivity index (χ2n) is 7.40. The highest BCUT2D eigenvalue weighted by atomic mass is 32.2. The number of hydrogen-bond acceptors (Lipinski definition) is 6. The van der Waals surface area contributed by atoms with Crippen molar-refractivity contribution in [3.63, 3.8) is 0 Å². The number of esters is 1. The van der Waals surface area contributed by atoms with E-state index >= 15 is 0 Å². The molecular formula is C19H21F6NO6S. The van der Waals surface area contributed by atoms with Crippen molar-refractivity contribution in [1.82, 2.24) is 4.90 Å². The second kappa shape index (κ2) is 10.2. The molecule has 1 heterocycles. The van der Waals surface area contributed by atoms with Crippen LogP contribution in [0.15, 0.2) is 29.2 Å². The molecule has 0 radical (unpaired) electrons. The molecule has 0 aromatic heterocycles. The number of likely N-dealkylation sites (tertiary alicyclic amines) is 1. The fourth-order valence-electron chi connectivity index (χ4n) is 3.25. The van der Waals surface area contributed by atoms with Gasteiger partial charge in [-0.25, -0.2) is 18.0 Å². The summed E-state index contributed by atoms with van der Waals surface area (Å²) >= 11 is 0. The predicted molar refractivity (Wildman–Crippen MR) is 101 cm³/mol. The number of piperidine rings is 1. The molecule has 0 unspecified atom stereocenters. The minimum Gasteiger partial charge on any atom is -0.465 e. The molecule has 0 atom stereocenters. The third-order valence-corrected chi connectivity index (χ3v) is 6.88. The number of nitrogens with zero attached hydrogens (tertiary/aromatic N) is 1. The summed E-state index contributed by atoms with van der Waals surface area (Å²) in [4.78, 5) is 23.9.